The fourth-order valence-electron chi connectivity index (χ4n) is 4.11. The minimum atomic E-state index is -0.289. The molecule has 36 heavy (non-hydrogen) atoms. The SMILES string of the molecule is CNC(=O)Cc1ccccc1NC(=O)c1cc(-c2ccccc2)nc2c1cnn2Cc1ccccc1. The van der Waals surface area contributed by atoms with Crippen LogP contribution in [-0.4, -0.2) is 33.6 Å². The summed E-state index contributed by atoms with van der Waals surface area (Å²) in [4.78, 5) is 30.5. The summed E-state index contributed by atoms with van der Waals surface area (Å²) in [6.07, 6.45) is 1.86. The van der Waals surface area contributed by atoms with E-state index in [9.17, 15) is 9.59 Å². The Kier molecular flexibility index (Phi) is 6.53. The molecule has 0 radical (unpaired) electrons. The quantitative estimate of drug-likeness (QED) is 0.358. The summed E-state index contributed by atoms with van der Waals surface area (Å²) < 4.78 is 1.81. The van der Waals surface area contributed by atoms with Crippen LogP contribution in [0.1, 0.15) is 21.5 Å². The molecule has 0 aliphatic heterocycles. The van der Waals surface area contributed by atoms with Crippen molar-refractivity contribution >= 4 is 28.5 Å². The van der Waals surface area contributed by atoms with Crippen LogP contribution in [0, 0.1) is 0 Å². The van der Waals surface area contributed by atoms with Gasteiger partial charge in [-0.2, -0.15) is 5.10 Å². The lowest BCUT2D eigenvalue weighted by atomic mass is 10.1. The van der Waals surface area contributed by atoms with Gasteiger partial charge in [-0.3, -0.25) is 9.59 Å². The van der Waals surface area contributed by atoms with Gasteiger partial charge >= 0.3 is 0 Å². The van der Waals surface area contributed by atoms with E-state index in [1.165, 1.54) is 0 Å². The second-order valence-corrected chi connectivity index (χ2v) is 8.41. The maximum Gasteiger partial charge on any atom is 0.256 e. The van der Waals surface area contributed by atoms with Crippen LogP contribution in [-0.2, 0) is 17.8 Å². The van der Waals surface area contributed by atoms with Crippen LogP contribution in [0.25, 0.3) is 22.3 Å². The average molecular weight is 476 g/mol. The molecule has 0 unspecified atom stereocenters. The number of pyridine rings is 1. The maximum absolute atomic E-state index is 13.6. The zero-order chi connectivity index (χ0) is 24.9. The largest absolute Gasteiger partial charge is 0.359 e. The minimum Gasteiger partial charge on any atom is -0.359 e. The lowest BCUT2D eigenvalue weighted by Crippen LogP contribution is -2.21. The number of rotatable bonds is 7. The number of para-hydroxylation sites is 1. The Bertz CT molecular complexity index is 1530. The van der Waals surface area contributed by atoms with E-state index in [2.05, 4.69) is 15.7 Å². The van der Waals surface area contributed by atoms with Gasteiger partial charge in [0.05, 0.1) is 35.8 Å². The number of anilines is 1. The number of carbonyl (C=O) groups is 2. The third-order valence-electron chi connectivity index (χ3n) is 5.99. The topological polar surface area (TPSA) is 88.9 Å². The van der Waals surface area contributed by atoms with Crippen molar-refractivity contribution in [3.8, 4) is 11.3 Å². The number of aromatic nitrogens is 3. The average Bonchev–Trinajstić information content (AvgIpc) is 3.32. The first kappa shape index (κ1) is 23.0. The normalized spacial score (nSPS) is 10.8. The van der Waals surface area contributed by atoms with Crippen LogP contribution in [0.4, 0.5) is 5.69 Å². The lowest BCUT2D eigenvalue weighted by Gasteiger charge is -2.12. The Hall–Kier alpha value is -4.78. The Morgan fingerprint density at radius 3 is 2.33 bits per heavy atom. The highest BCUT2D eigenvalue weighted by atomic mass is 16.2. The molecule has 0 aliphatic rings. The van der Waals surface area contributed by atoms with Crippen molar-refractivity contribution < 1.29 is 9.59 Å². The molecule has 2 amide bonds. The van der Waals surface area contributed by atoms with Crippen molar-refractivity contribution in [2.24, 2.45) is 0 Å². The van der Waals surface area contributed by atoms with Gasteiger partial charge in [-0.15, -0.1) is 0 Å². The van der Waals surface area contributed by atoms with Gasteiger partial charge in [0.2, 0.25) is 5.91 Å². The van der Waals surface area contributed by atoms with Gasteiger partial charge in [0.1, 0.15) is 0 Å². The van der Waals surface area contributed by atoms with Crippen LogP contribution < -0.4 is 10.6 Å². The zero-order valence-electron chi connectivity index (χ0n) is 19.8. The number of benzene rings is 3. The molecular weight excluding hydrogens is 450 g/mol. The molecule has 0 saturated heterocycles. The van der Waals surface area contributed by atoms with E-state index in [0.29, 0.717) is 34.5 Å². The molecular formula is C29H25N5O2. The lowest BCUT2D eigenvalue weighted by molar-refractivity contribution is -0.119. The van der Waals surface area contributed by atoms with Gasteiger partial charge in [-0.25, -0.2) is 9.67 Å². The van der Waals surface area contributed by atoms with Crippen LogP contribution in [0.2, 0.25) is 0 Å². The van der Waals surface area contributed by atoms with E-state index in [4.69, 9.17) is 4.98 Å². The summed E-state index contributed by atoms with van der Waals surface area (Å²) in [6.45, 7) is 0.533. The van der Waals surface area contributed by atoms with Crippen molar-refractivity contribution in [1.82, 2.24) is 20.1 Å². The van der Waals surface area contributed by atoms with E-state index in [1.807, 2.05) is 83.5 Å². The number of amides is 2. The van der Waals surface area contributed by atoms with Crippen LogP contribution >= 0.6 is 0 Å². The molecule has 2 N–H and O–H groups in total. The van der Waals surface area contributed by atoms with E-state index in [0.717, 1.165) is 16.7 Å². The summed E-state index contributed by atoms with van der Waals surface area (Å²) in [5.41, 5.74) is 5.09. The Morgan fingerprint density at radius 1 is 0.889 bits per heavy atom. The fraction of sp³-hybridized carbons (Fsp3) is 0.103. The van der Waals surface area contributed by atoms with E-state index < -0.39 is 0 Å². The van der Waals surface area contributed by atoms with Crippen molar-refractivity contribution in [3.63, 3.8) is 0 Å². The second kappa shape index (κ2) is 10.2. The van der Waals surface area contributed by atoms with Crippen LogP contribution in [0.15, 0.2) is 97.2 Å². The highest BCUT2D eigenvalue weighted by Crippen LogP contribution is 2.27. The van der Waals surface area contributed by atoms with Crippen LogP contribution in [0.3, 0.4) is 0 Å². The molecule has 5 aromatic rings. The van der Waals surface area contributed by atoms with Gasteiger partial charge < -0.3 is 10.6 Å². The second-order valence-electron chi connectivity index (χ2n) is 8.41. The molecule has 0 aliphatic carbocycles. The zero-order valence-corrected chi connectivity index (χ0v) is 19.8. The molecule has 0 bridgehead atoms. The molecule has 5 rings (SSSR count). The fourth-order valence-corrected chi connectivity index (χ4v) is 4.11. The minimum absolute atomic E-state index is 0.128. The third-order valence-corrected chi connectivity index (χ3v) is 5.99. The number of fused-ring (bicyclic) bond motifs is 1. The predicted octanol–water partition coefficient (Wildman–Crippen LogP) is 4.69. The molecule has 0 fully saturated rings. The summed E-state index contributed by atoms with van der Waals surface area (Å²) >= 11 is 0. The highest BCUT2D eigenvalue weighted by molar-refractivity contribution is 6.13. The van der Waals surface area contributed by atoms with Gasteiger partial charge in [0.25, 0.3) is 5.91 Å². The Balaban J connectivity index is 1.57. The maximum atomic E-state index is 13.6. The third kappa shape index (κ3) is 4.86. The number of nitrogens with zero attached hydrogens (tertiary/aromatic N) is 3. The Labute approximate surface area is 208 Å². The van der Waals surface area contributed by atoms with Crippen molar-refractivity contribution in [1.29, 1.82) is 0 Å². The molecule has 3 aromatic carbocycles. The summed E-state index contributed by atoms with van der Waals surface area (Å²) in [6, 6.07) is 28.9. The summed E-state index contributed by atoms with van der Waals surface area (Å²) in [5, 5.41) is 10.9. The van der Waals surface area contributed by atoms with Gasteiger partial charge in [0, 0.05) is 18.3 Å². The molecule has 178 valence electrons. The van der Waals surface area contributed by atoms with Crippen LogP contribution in [0.5, 0.6) is 0 Å². The van der Waals surface area contributed by atoms with E-state index in [1.54, 1.807) is 25.4 Å². The molecule has 2 aromatic heterocycles. The monoisotopic (exact) mass is 475 g/mol. The highest BCUT2D eigenvalue weighted by Gasteiger charge is 2.19. The summed E-state index contributed by atoms with van der Waals surface area (Å²) in [7, 11) is 1.59. The first-order chi connectivity index (χ1) is 17.6. The standard InChI is InChI=1S/C29H25N5O2/c1-30-27(35)16-22-14-8-9-15-25(22)33-29(36)23-17-26(21-12-6-3-7-13-21)32-28-24(23)18-31-34(28)19-20-10-4-2-5-11-20/h2-15,17-18H,16,19H2,1H3,(H,30,35)(H,33,36). The number of nitrogens with one attached hydrogen (secondary N) is 2. The Morgan fingerprint density at radius 2 is 1.58 bits per heavy atom. The van der Waals surface area contributed by atoms with Gasteiger partial charge in [-0.1, -0.05) is 78.9 Å². The molecule has 7 heteroatoms. The van der Waals surface area contributed by atoms with Gasteiger partial charge in [-0.05, 0) is 23.3 Å². The molecule has 2 heterocycles. The number of carbonyl (C=O) groups excluding carboxylic acids is 2. The number of hydrogen-bond donors (Lipinski definition) is 2. The predicted molar refractivity (Wildman–Crippen MR) is 141 cm³/mol. The van der Waals surface area contributed by atoms with Crippen molar-refractivity contribution in [2.45, 2.75) is 13.0 Å². The molecule has 0 saturated carbocycles. The van der Waals surface area contributed by atoms with Crippen molar-refractivity contribution in [2.75, 3.05) is 12.4 Å². The number of likely N-dealkylation sites (N-methyl/N-ethyl adjacent to an activating group) is 1. The van der Waals surface area contributed by atoms with Crippen molar-refractivity contribution in [3.05, 3.63) is 114 Å². The van der Waals surface area contributed by atoms with E-state index >= 15 is 0 Å². The molecule has 0 atom stereocenters. The van der Waals surface area contributed by atoms with Gasteiger partial charge in [0.15, 0.2) is 5.65 Å². The smallest absolute Gasteiger partial charge is 0.256 e. The molecule has 0 spiro atoms. The molecule has 7 nitrogen and oxygen atoms in total. The van der Waals surface area contributed by atoms with E-state index in [-0.39, 0.29) is 18.2 Å². The number of hydrogen-bond acceptors (Lipinski definition) is 4. The first-order valence-corrected chi connectivity index (χ1v) is 11.7. The first-order valence-electron chi connectivity index (χ1n) is 11.7. The summed E-state index contributed by atoms with van der Waals surface area (Å²) in [5.74, 6) is -0.417.